The molecule has 0 amide bonds. The molecule has 3 nitrogen and oxygen atoms in total. The van der Waals surface area contributed by atoms with Gasteiger partial charge >= 0.3 is 0 Å². The standard InChI is InChI=1S/C18H21NO.C9H20.C4H8O.C2H6/c1-3-19(12-16-7-4-6-15(2)10-16)13-17-8-5-9-18(11-17)14-20;1-3-5-7-9-8-6-4-2;1-2-3-4-5;1-2/h4-11,14H,3,12-13H2,1-2H3;3-9H2,1-2H3;4H,2-3H2,1H3;1-2H3. The number of aryl methyl sites for hydroxylation is 1. The Labute approximate surface area is 223 Å². The monoisotopic (exact) mass is 497 g/mol. The predicted molar refractivity (Wildman–Crippen MR) is 159 cm³/mol. The molecule has 0 fully saturated rings. The Kier molecular flexibility index (Phi) is 27.3. The highest BCUT2D eigenvalue weighted by Crippen LogP contribution is 2.12. The van der Waals surface area contributed by atoms with Crippen LogP contribution in [0, 0.1) is 6.92 Å². The first-order valence-electron chi connectivity index (χ1n) is 14.3. The van der Waals surface area contributed by atoms with Crippen LogP contribution in [-0.4, -0.2) is 24.0 Å². The molecule has 36 heavy (non-hydrogen) atoms. The van der Waals surface area contributed by atoms with Crippen LogP contribution in [0.2, 0.25) is 0 Å². The lowest BCUT2D eigenvalue weighted by molar-refractivity contribution is -0.107. The average Bonchev–Trinajstić information content (AvgIpc) is 2.91. The molecule has 0 radical (unpaired) electrons. The van der Waals surface area contributed by atoms with E-state index in [1.807, 2.05) is 39.0 Å². The van der Waals surface area contributed by atoms with Crippen molar-refractivity contribution in [3.63, 3.8) is 0 Å². The van der Waals surface area contributed by atoms with Gasteiger partial charge in [-0.3, -0.25) is 9.69 Å². The number of hydrogen-bond donors (Lipinski definition) is 0. The first kappa shape index (κ1) is 35.9. The Morgan fingerprint density at radius 1 is 0.694 bits per heavy atom. The topological polar surface area (TPSA) is 37.4 Å². The fraction of sp³-hybridized carbons (Fsp3) is 0.576. The molecule has 2 aromatic carbocycles. The van der Waals surface area contributed by atoms with E-state index in [1.54, 1.807) is 0 Å². The maximum atomic E-state index is 10.8. The van der Waals surface area contributed by atoms with Crippen LogP contribution in [-0.2, 0) is 17.9 Å². The van der Waals surface area contributed by atoms with Crippen LogP contribution in [0.1, 0.15) is 126 Å². The van der Waals surface area contributed by atoms with Crippen molar-refractivity contribution in [1.82, 2.24) is 4.90 Å². The highest BCUT2D eigenvalue weighted by Gasteiger charge is 2.06. The molecule has 0 aliphatic carbocycles. The maximum absolute atomic E-state index is 10.8. The number of nitrogens with zero attached hydrogens (tertiary/aromatic N) is 1. The van der Waals surface area contributed by atoms with Gasteiger partial charge in [0.1, 0.15) is 12.6 Å². The highest BCUT2D eigenvalue weighted by molar-refractivity contribution is 5.74. The van der Waals surface area contributed by atoms with E-state index in [9.17, 15) is 9.59 Å². The molecular formula is C33H55NO2. The average molecular weight is 498 g/mol. The van der Waals surface area contributed by atoms with Crippen molar-refractivity contribution >= 4 is 12.6 Å². The first-order chi connectivity index (χ1) is 17.5. The number of carbonyl (C=O) groups excluding carboxylic acids is 2. The minimum absolute atomic E-state index is 0.708. The van der Waals surface area contributed by atoms with Crippen molar-refractivity contribution in [2.45, 2.75) is 119 Å². The molecule has 0 N–H and O–H groups in total. The molecule has 0 aliphatic heterocycles. The Hall–Kier alpha value is -2.26. The van der Waals surface area contributed by atoms with Crippen LogP contribution in [0.3, 0.4) is 0 Å². The fourth-order valence-corrected chi connectivity index (χ4v) is 3.52. The molecule has 2 aromatic rings. The van der Waals surface area contributed by atoms with Crippen molar-refractivity contribution < 1.29 is 9.59 Å². The van der Waals surface area contributed by atoms with Crippen LogP contribution in [0.4, 0.5) is 0 Å². The zero-order chi connectivity index (χ0) is 27.4. The van der Waals surface area contributed by atoms with Crippen LogP contribution >= 0.6 is 0 Å². The maximum Gasteiger partial charge on any atom is 0.150 e. The quantitative estimate of drug-likeness (QED) is 0.192. The molecule has 0 saturated carbocycles. The SMILES string of the molecule is CC.CCCC=O.CCCCCCCCC.CCN(Cc1cccc(C)c1)Cc1cccc(C=O)c1. The van der Waals surface area contributed by atoms with Gasteiger partial charge < -0.3 is 4.79 Å². The van der Waals surface area contributed by atoms with E-state index in [0.29, 0.717) is 6.42 Å². The summed E-state index contributed by atoms with van der Waals surface area (Å²) in [5, 5.41) is 0. The molecule has 204 valence electrons. The lowest BCUT2D eigenvalue weighted by Gasteiger charge is -2.21. The normalized spacial score (nSPS) is 9.67. The molecular weight excluding hydrogens is 442 g/mol. The number of unbranched alkanes of at least 4 members (excludes halogenated alkanes) is 7. The van der Waals surface area contributed by atoms with Gasteiger partial charge in [0.2, 0.25) is 0 Å². The minimum atomic E-state index is 0.708. The van der Waals surface area contributed by atoms with Gasteiger partial charge in [0.05, 0.1) is 0 Å². The summed E-state index contributed by atoms with van der Waals surface area (Å²) in [4.78, 5) is 22.6. The Morgan fingerprint density at radius 2 is 1.22 bits per heavy atom. The summed E-state index contributed by atoms with van der Waals surface area (Å²) in [5.41, 5.74) is 4.55. The fourth-order valence-electron chi connectivity index (χ4n) is 3.52. The zero-order valence-corrected chi connectivity index (χ0v) is 24.5. The summed E-state index contributed by atoms with van der Waals surface area (Å²) in [6.07, 6.45) is 13.5. The van der Waals surface area contributed by atoms with Gasteiger partial charge in [0.25, 0.3) is 0 Å². The molecule has 0 saturated heterocycles. The summed E-state index contributed by atoms with van der Waals surface area (Å²) < 4.78 is 0. The third-order valence-corrected chi connectivity index (χ3v) is 5.54. The summed E-state index contributed by atoms with van der Waals surface area (Å²) in [6.45, 7) is 17.6. The summed E-state index contributed by atoms with van der Waals surface area (Å²) >= 11 is 0. The van der Waals surface area contributed by atoms with Crippen LogP contribution < -0.4 is 0 Å². The number of carbonyl (C=O) groups is 2. The lowest BCUT2D eigenvalue weighted by atomic mass is 10.1. The van der Waals surface area contributed by atoms with Gasteiger partial charge in [-0.05, 0) is 37.1 Å². The Bertz CT molecular complexity index is 751. The highest BCUT2D eigenvalue weighted by atomic mass is 16.1. The van der Waals surface area contributed by atoms with Gasteiger partial charge in [-0.15, -0.1) is 0 Å². The van der Waals surface area contributed by atoms with Crippen molar-refractivity contribution in [2.24, 2.45) is 0 Å². The second-order valence-electron chi connectivity index (χ2n) is 8.88. The largest absolute Gasteiger partial charge is 0.303 e. The predicted octanol–water partition coefficient (Wildman–Crippen LogP) is 9.60. The Morgan fingerprint density at radius 3 is 1.64 bits per heavy atom. The Balaban J connectivity index is 0. The number of benzene rings is 2. The molecule has 0 unspecified atom stereocenters. The molecule has 3 heteroatoms. The van der Waals surface area contributed by atoms with Crippen molar-refractivity contribution in [3.8, 4) is 0 Å². The summed E-state index contributed by atoms with van der Waals surface area (Å²) in [6, 6.07) is 16.4. The first-order valence-corrected chi connectivity index (χ1v) is 14.3. The molecule has 0 atom stereocenters. The van der Waals surface area contributed by atoms with Crippen molar-refractivity contribution in [2.75, 3.05) is 6.54 Å². The van der Waals surface area contributed by atoms with E-state index in [1.165, 1.54) is 61.6 Å². The van der Waals surface area contributed by atoms with E-state index in [-0.39, 0.29) is 0 Å². The minimum Gasteiger partial charge on any atom is -0.303 e. The second kappa shape index (κ2) is 27.3. The molecule has 0 spiro atoms. The van der Waals surface area contributed by atoms with Gasteiger partial charge in [-0.2, -0.15) is 0 Å². The van der Waals surface area contributed by atoms with Gasteiger partial charge in [0.15, 0.2) is 0 Å². The molecule has 0 aliphatic rings. The second-order valence-corrected chi connectivity index (χ2v) is 8.88. The van der Waals surface area contributed by atoms with E-state index >= 15 is 0 Å². The lowest BCUT2D eigenvalue weighted by Crippen LogP contribution is -2.22. The third kappa shape index (κ3) is 21.1. The zero-order valence-electron chi connectivity index (χ0n) is 24.5. The van der Waals surface area contributed by atoms with Gasteiger partial charge in [-0.1, -0.05) is 135 Å². The molecule has 0 bridgehead atoms. The molecule has 0 heterocycles. The number of hydrogen-bond acceptors (Lipinski definition) is 3. The third-order valence-electron chi connectivity index (χ3n) is 5.54. The van der Waals surface area contributed by atoms with Crippen molar-refractivity contribution in [1.29, 1.82) is 0 Å². The van der Waals surface area contributed by atoms with E-state index in [4.69, 9.17) is 0 Å². The van der Waals surface area contributed by atoms with E-state index in [2.05, 4.69) is 62.9 Å². The van der Waals surface area contributed by atoms with Gasteiger partial charge in [-0.25, -0.2) is 0 Å². The van der Waals surface area contributed by atoms with Crippen molar-refractivity contribution in [3.05, 3.63) is 70.8 Å². The number of rotatable bonds is 14. The molecule has 0 aromatic heterocycles. The smallest absolute Gasteiger partial charge is 0.150 e. The summed E-state index contributed by atoms with van der Waals surface area (Å²) in [7, 11) is 0. The van der Waals surface area contributed by atoms with E-state index in [0.717, 1.165) is 44.2 Å². The van der Waals surface area contributed by atoms with Crippen LogP contribution in [0.25, 0.3) is 0 Å². The van der Waals surface area contributed by atoms with Crippen LogP contribution in [0.5, 0.6) is 0 Å². The van der Waals surface area contributed by atoms with Gasteiger partial charge in [0, 0.05) is 25.1 Å². The van der Waals surface area contributed by atoms with E-state index < -0.39 is 0 Å². The number of aldehydes is 2. The summed E-state index contributed by atoms with van der Waals surface area (Å²) in [5.74, 6) is 0. The van der Waals surface area contributed by atoms with Crippen LogP contribution in [0.15, 0.2) is 48.5 Å². The molecule has 2 rings (SSSR count).